The van der Waals surface area contributed by atoms with Crippen molar-refractivity contribution >= 4 is 52.1 Å². The lowest BCUT2D eigenvalue weighted by molar-refractivity contribution is 0.0951. The van der Waals surface area contributed by atoms with Gasteiger partial charge in [-0.1, -0.05) is 55.2 Å². The minimum Gasteiger partial charge on any atom is -0.451 e. The van der Waals surface area contributed by atoms with Gasteiger partial charge in [-0.25, -0.2) is 0 Å². The van der Waals surface area contributed by atoms with Gasteiger partial charge in [-0.2, -0.15) is 0 Å². The number of nitrogens with one attached hydrogen (secondary N) is 2. The smallest absolute Gasteiger partial charge is 0.293 e. The molecule has 0 radical (unpaired) electrons. The molecular formula is C22H20Cl2N2O2S. The summed E-state index contributed by atoms with van der Waals surface area (Å²) in [5.74, 6) is 0.485. The lowest BCUT2D eigenvalue weighted by Crippen LogP contribution is -2.34. The number of anilines is 1. The summed E-state index contributed by atoms with van der Waals surface area (Å²) in [5, 5.41) is 6.95. The van der Waals surface area contributed by atoms with Crippen molar-refractivity contribution in [3.63, 3.8) is 0 Å². The van der Waals surface area contributed by atoms with Crippen LogP contribution in [-0.4, -0.2) is 11.0 Å². The summed E-state index contributed by atoms with van der Waals surface area (Å²) in [4.78, 5) is 12.5. The molecular weight excluding hydrogens is 427 g/mol. The summed E-state index contributed by atoms with van der Waals surface area (Å²) in [5.41, 5.74) is 2.63. The zero-order valence-electron chi connectivity index (χ0n) is 16.0. The van der Waals surface area contributed by atoms with Gasteiger partial charge in [0, 0.05) is 16.3 Å². The van der Waals surface area contributed by atoms with E-state index in [0.29, 0.717) is 27.3 Å². The van der Waals surface area contributed by atoms with E-state index in [4.69, 9.17) is 39.8 Å². The number of para-hydroxylation sites is 1. The molecule has 1 aromatic heterocycles. The van der Waals surface area contributed by atoms with Gasteiger partial charge < -0.3 is 9.73 Å². The van der Waals surface area contributed by atoms with E-state index in [9.17, 15) is 4.79 Å². The summed E-state index contributed by atoms with van der Waals surface area (Å²) in [6, 6.07) is 16.2. The van der Waals surface area contributed by atoms with Crippen LogP contribution in [0.1, 0.15) is 42.3 Å². The molecule has 0 saturated heterocycles. The van der Waals surface area contributed by atoms with Crippen molar-refractivity contribution in [3.05, 3.63) is 76.0 Å². The minimum absolute atomic E-state index is 0.121. The molecule has 1 amide bonds. The second-order valence-corrected chi connectivity index (χ2v) is 7.84. The van der Waals surface area contributed by atoms with E-state index in [1.807, 2.05) is 18.2 Å². The molecule has 0 aliphatic rings. The molecule has 0 spiro atoms. The van der Waals surface area contributed by atoms with Crippen molar-refractivity contribution < 1.29 is 9.21 Å². The first kappa shape index (κ1) is 21.4. The lowest BCUT2D eigenvalue weighted by Gasteiger charge is -2.16. The highest BCUT2D eigenvalue weighted by Gasteiger charge is 2.16. The third-order valence-electron chi connectivity index (χ3n) is 4.60. The minimum atomic E-state index is -0.451. The average molecular weight is 447 g/mol. The van der Waals surface area contributed by atoms with Gasteiger partial charge in [0.25, 0.3) is 5.91 Å². The first-order valence-electron chi connectivity index (χ1n) is 9.15. The molecule has 2 N–H and O–H groups in total. The van der Waals surface area contributed by atoms with Crippen LogP contribution in [0.2, 0.25) is 10.0 Å². The van der Waals surface area contributed by atoms with Crippen LogP contribution in [0.25, 0.3) is 11.3 Å². The Hall–Kier alpha value is -2.34. The number of amides is 1. The van der Waals surface area contributed by atoms with Crippen molar-refractivity contribution in [2.45, 2.75) is 26.2 Å². The van der Waals surface area contributed by atoms with Crippen LogP contribution in [0.5, 0.6) is 0 Å². The largest absolute Gasteiger partial charge is 0.451 e. The molecule has 3 aromatic rings. The van der Waals surface area contributed by atoms with Gasteiger partial charge >= 0.3 is 0 Å². The van der Waals surface area contributed by atoms with Crippen LogP contribution in [0.15, 0.2) is 59.0 Å². The Labute approximate surface area is 185 Å². The second kappa shape index (κ2) is 9.44. The Morgan fingerprint density at radius 3 is 2.66 bits per heavy atom. The molecule has 0 saturated carbocycles. The molecule has 150 valence electrons. The zero-order chi connectivity index (χ0) is 21.0. The quantitative estimate of drug-likeness (QED) is 0.418. The topological polar surface area (TPSA) is 54.3 Å². The van der Waals surface area contributed by atoms with Crippen molar-refractivity contribution in [1.82, 2.24) is 5.32 Å². The molecule has 1 atom stereocenters. The number of rotatable bonds is 5. The molecule has 0 aliphatic heterocycles. The molecule has 29 heavy (non-hydrogen) atoms. The van der Waals surface area contributed by atoms with Crippen LogP contribution >= 0.6 is 35.4 Å². The van der Waals surface area contributed by atoms with E-state index >= 15 is 0 Å². The van der Waals surface area contributed by atoms with Crippen molar-refractivity contribution in [1.29, 1.82) is 0 Å². The molecule has 7 heteroatoms. The van der Waals surface area contributed by atoms with E-state index in [-0.39, 0.29) is 10.9 Å². The van der Waals surface area contributed by atoms with E-state index in [0.717, 1.165) is 17.7 Å². The molecule has 0 bridgehead atoms. The number of carbonyl (C=O) groups excluding carboxylic acids is 1. The highest BCUT2D eigenvalue weighted by atomic mass is 35.5. The fourth-order valence-corrected chi connectivity index (χ4v) is 3.46. The summed E-state index contributed by atoms with van der Waals surface area (Å²) in [6.07, 6.45) is 0.999. The standard InChI is InChI=1S/C22H20Cl2N2O2S/c1-3-13(2)15-6-4-5-7-18(15)25-22(29)26-21(27)20-11-10-19(28-20)16-12-14(23)8-9-17(16)24/h4-13H,3H2,1-2H3,(H2,25,26,27,29)/t13-/m1/s1. The van der Waals surface area contributed by atoms with Gasteiger partial charge in [0.1, 0.15) is 5.76 Å². The van der Waals surface area contributed by atoms with Crippen molar-refractivity contribution in [2.24, 2.45) is 0 Å². The SMILES string of the molecule is CC[C@@H](C)c1ccccc1NC(=S)NC(=O)c1ccc(-c2cc(Cl)ccc2Cl)o1. The average Bonchev–Trinajstić information content (AvgIpc) is 3.19. The Kier molecular flexibility index (Phi) is 6.96. The van der Waals surface area contributed by atoms with Gasteiger partial charge in [0.05, 0.1) is 5.02 Å². The van der Waals surface area contributed by atoms with Gasteiger partial charge in [-0.3, -0.25) is 10.1 Å². The number of hydrogen-bond acceptors (Lipinski definition) is 3. The Bertz CT molecular complexity index is 1050. The first-order chi connectivity index (χ1) is 13.9. The number of halogens is 2. The predicted octanol–water partition coefficient (Wildman–Crippen LogP) is 6.89. The van der Waals surface area contributed by atoms with Gasteiger partial charge in [-0.15, -0.1) is 0 Å². The predicted molar refractivity (Wildman–Crippen MR) is 123 cm³/mol. The van der Waals surface area contributed by atoms with Crippen molar-refractivity contribution in [3.8, 4) is 11.3 Å². The Morgan fingerprint density at radius 1 is 1.14 bits per heavy atom. The number of benzene rings is 2. The van der Waals surface area contributed by atoms with Gasteiger partial charge in [-0.05, 0) is 66.5 Å². The maximum atomic E-state index is 12.5. The highest BCUT2D eigenvalue weighted by molar-refractivity contribution is 7.80. The number of carbonyl (C=O) groups is 1. The van der Waals surface area contributed by atoms with E-state index < -0.39 is 5.91 Å². The number of furan rings is 1. The van der Waals surface area contributed by atoms with Crippen LogP contribution in [0.4, 0.5) is 5.69 Å². The highest BCUT2D eigenvalue weighted by Crippen LogP contribution is 2.32. The van der Waals surface area contributed by atoms with Crippen LogP contribution in [0, 0.1) is 0 Å². The normalized spacial score (nSPS) is 11.7. The maximum Gasteiger partial charge on any atom is 0.293 e. The van der Waals surface area contributed by atoms with Crippen molar-refractivity contribution in [2.75, 3.05) is 5.32 Å². The summed E-state index contributed by atoms with van der Waals surface area (Å²) in [6.45, 7) is 4.27. The fourth-order valence-electron chi connectivity index (χ4n) is 2.87. The number of thiocarbonyl (C=S) groups is 1. The summed E-state index contributed by atoms with van der Waals surface area (Å²) < 4.78 is 5.66. The number of hydrogen-bond donors (Lipinski definition) is 2. The molecule has 4 nitrogen and oxygen atoms in total. The molecule has 0 unspecified atom stereocenters. The zero-order valence-corrected chi connectivity index (χ0v) is 18.3. The molecule has 0 aliphatic carbocycles. The van der Waals surface area contributed by atoms with Crippen LogP contribution in [0.3, 0.4) is 0 Å². The second-order valence-electron chi connectivity index (χ2n) is 6.59. The Morgan fingerprint density at radius 2 is 1.90 bits per heavy atom. The summed E-state index contributed by atoms with van der Waals surface area (Å²) >= 11 is 17.5. The third kappa shape index (κ3) is 5.18. The third-order valence-corrected chi connectivity index (χ3v) is 5.37. The maximum absolute atomic E-state index is 12.5. The fraction of sp³-hybridized carbons (Fsp3) is 0.182. The molecule has 0 fully saturated rings. The molecule has 1 heterocycles. The van der Waals surface area contributed by atoms with E-state index in [2.05, 4.69) is 30.5 Å². The molecule has 3 rings (SSSR count). The van der Waals surface area contributed by atoms with Crippen LogP contribution < -0.4 is 10.6 Å². The van der Waals surface area contributed by atoms with E-state index in [1.54, 1.807) is 30.3 Å². The Balaban J connectivity index is 1.71. The lowest BCUT2D eigenvalue weighted by atomic mass is 9.97. The first-order valence-corrected chi connectivity index (χ1v) is 10.3. The molecule has 2 aromatic carbocycles. The summed E-state index contributed by atoms with van der Waals surface area (Å²) in [7, 11) is 0. The van der Waals surface area contributed by atoms with Crippen LogP contribution in [-0.2, 0) is 0 Å². The monoisotopic (exact) mass is 446 g/mol. The van der Waals surface area contributed by atoms with Gasteiger partial charge in [0.2, 0.25) is 0 Å². The van der Waals surface area contributed by atoms with E-state index in [1.165, 1.54) is 0 Å². The van der Waals surface area contributed by atoms with Gasteiger partial charge in [0.15, 0.2) is 10.9 Å².